The number of amides is 2. The molecule has 0 bridgehead atoms. The maximum absolute atomic E-state index is 12.1. The van der Waals surface area contributed by atoms with Crippen LogP contribution in [0.25, 0.3) is 0 Å². The molecule has 0 aromatic heterocycles. The molecule has 1 aromatic rings. The van der Waals surface area contributed by atoms with Gasteiger partial charge in [0.1, 0.15) is 5.25 Å². The van der Waals surface area contributed by atoms with Crippen LogP contribution in [0.15, 0.2) is 36.9 Å². The largest absolute Gasteiger partial charge is 0.351 e. The van der Waals surface area contributed by atoms with Gasteiger partial charge in [0.05, 0.1) is 5.75 Å². The number of sulfone groups is 1. The molecular weight excluding hydrogens is 366 g/mol. The second-order valence-electron chi connectivity index (χ2n) is 6.11. The third-order valence-electron chi connectivity index (χ3n) is 4.28. The Labute approximate surface area is 161 Å². The fourth-order valence-corrected chi connectivity index (χ4v) is 3.39. The van der Waals surface area contributed by atoms with E-state index in [1.54, 1.807) is 24.3 Å². The molecule has 0 radical (unpaired) electrons. The minimum Gasteiger partial charge on any atom is -0.351 e. The maximum atomic E-state index is 12.1. The predicted octanol–water partition coefficient (Wildman–Crippen LogP) is 1.69. The Morgan fingerprint density at radius 2 is 1.78 bits per heavy atom. The smallest absolute Gasteiger partial charge is 0.251 e. The second-order valence-corrected chi connectivity index (χ2v) is 8.48. The average molecular weight is 396 g/mol. The van der Waals surface area contributed by atoms with Gasteiger partial charge in [0.2, 0.25) is 5.91 Å². The van der Waals surface area contributed by atoms with Crippen LogP contribution in [0.3, 0.4) is 0 Å². The number of hydrogen-bond acceptors (Lipinski definition) is 5. The molecule has 7 nitrogen and oxygen atoms in total. The molecule has 150 valence electrons. The minimum atomic E-state index is -3.57. The number of likely N-dealkylation sites (N-methyl/N-ethyl adjacent to an activating group) is 1. The number of benzene rings is 1. The van der Waals surface area contributed by atoms with E-state index in [4.69, 9.17) is 0 Å². The van der Waals surface area contributed by atoms with Crippen molar-refractivity contribution in [3.63, 3.8) is 0 Å². The molecule has 0 aliphatic heterocycles. The summed E-state index contributed by atoms with van der Waals surface area (Å²) < 4.78 is 23.8. The summed E-state index contributed by atoms with van der Waals surface area (Å²) in [7, 11) is -3.57. The van der Waals surface area contributed by atoms with Crippen LogP contribution < -0.4 is 10.6 Å². The van der Waals surface area contributed by atoms with E-state index in [0.29, 0.717) is 17.8 Å². The van der Waals surface area contributed by atoms with E-state index in [2.05, 4.69) is 36.0 Å². The van der Waals surface area contributed by atoms with Crippen LogP contribution in [0.1, 0.15) is 31.1 Å². The fraction of sp³-hybridized carbons (Fsp3) is 0.474. The molecule has 1 aromatic carbocycles. The Kier molecular flexibility index (Phi) is 9.17. The van der Waals surface area contributed by atoms with Crippen molar-refractivity contribution in [3.8, 4) is 0 Å². The Morgan fingerprint density at radius 1 is 1.19 bits per heavy atom. The number of hydrogen-bond donors (Lipinski definition) is 2. The molecule has 1 unspecified atom stereocenters. The number of rotatable bonds is 11. The van der Waals surface area contributed by atoms with E-state index in [-0.39, 0.29) is 11.7 Å². The van der Waals surface area contributed by atoms with Gasteiger partial charge in [-0.25, -0.2) is 8.42 Å². The molecular formula is C19H29N3O4S. The van der Waals surface area contributed by atoms with E-state index in [9.17, 15) is 18.0 Å². The first-order chi connectivity index (χ1) is 12.7. The van der Waals surface area contributed by atoms with E-state index in [1.807, 2.05) is 0 Å². The quantitative estimate of drug-likeness (QED) is 0.556. The van der Waals surface area contributed by atoms with Gasteiger partial charge in [-0.05, 0) is 44.3 Å². The molecule has 0 saturated carbocycles. The third kappa shape index (κ3) is 7.15. The number of nitrogens with zero attached hydrogens (tertiary/aromatic N) is 1. The molecule has 0 heterocycles. The van der Waals surface area contributed by atoms with Crippen molar-refractivity contribution >= 4 is 27.3 Å². The Morgan fingerprint density at radius 3 is 2.30 bits per heavy atom. The van der Waals surface area contributed by atoms with Gasteiger partial charge in [-0.2, -0.15) is 0 Å². The standard InChI is InChI=1S/C19H29N3O4S/c1-5-14-27(25,26)15(4)18(23)21-17-10-8-16(9-11-17)19(24)20-12-13-22(6-2)7-3/h5,8-11,15H,1,6-7,12-14H2,2-4H3,(H,20,24)(H,21,23). The van der Waals surface area contributed by atoms with Crippen molar-refractivity contribution in [2.45, 2.75) is 26.0 Å². The van der Waals surface area contributed by atoms with Crippen LogP contribution in [0.2, 0.25) is 0 Å². The van der Waals surface area contributed by atoms with Crippen molar-refractivity contribution in [3.05, 3.63) is 42.5 Å². The Balaban J connectivity index is 2.62. The van der Waals surface area contributed by atoms with Crippen LogP contribution in [-0.4, -0.2) is 62.3 Å². The van der Waals surface area contributed by atoms with Crippen LogP contribution in [0.4, 0.5) is 5.69 Å². The van der Waals surface area contributed by atoms with E-state index in [0.717, 1.165) is 19.6 Å². The average Bonchev–Trinajstić information content (AvgIpc) is 2.65. The first-order valence-electron chi connectivity index (χ1n) is 8.99. The highest BCUT2D eigenvalue weighted by Crippen LogP contribution is 2.12. The van der Waals surface area contributed by atoms with Crippen LogP contribution in [-0.2, 0) is 14.6 Å². The molecule has 0 spiro atoms. The van der Waals surface area contributed by atoms with Crippen molar-refractivity contribution in [2.24, 2.45) is 0 Å². The van der Waals surface area contributed by atoms with Gasteiger partial charge in [0.15, 0.2) is 9.84 Å². The molecule has 0 aliphatic carbocycles. The van der Waals surface area contributed by atoms with Gasteiger partial charge in [-0.1, -0.05) is 19.9 Å². The fourth-order valence-electron chi connectivity index (χ4n) is 2.39. The Hall–Kier alpha value is -2.19. The number of carbonyl (C=O) groups excluding carboxylic acids is 2. The highest BCUT2D eigenvalue weighted by Gasteiger charge is 2.26. The second kappa shape index (κ2) is 10.8. The van der Waals surface area contributed by atoms with Crippen molar-refractivity contribution < 1.29 is 18.0 Å². The highest BCUT2D eigenvalue weighted by molar-refractivity contribution is 7.92. The van der Waals surface area contributed by atoms with Gasteiger partial charge in [0.25, 0.3) is 5.91 Å². The number of carbonyl (C=O) groups is 2. The first kappa shape index (κ1) is 22.9. The summed E-state index contributed by atoms with van der Waals surface area (Å²) in [4.78, 5) is 26.5. The summed E-state index contributed by atoms with van der Waals surface area (Å²) in [6.07, 6.45) is 1.26. The zero-order valence-corrected chi connectivity index (χ0v) is 17.0. The summed E-state index contributed by atoms with van der Waals surface area (Å²) >= 11 is 0. The molecule has 2 amide bonds. The molecule has 2 N–H and O–H groups in total. The minimum absolute atomic E-state index is 0.193. The summed E-state index contributed by atoms with van der Waals surface area (Å²) in [5.41, 5.74) is 0.903. The molecule has 0 saturated heterocycles. The number of anilines is 1. The first-order valence-corrected chi connectivity index (χ1v) is 10.7. The van der Waals surface area contributed by atoms with Crippen LogP contribution >= 0.6 is 0 Å². The zero-order chi connectivity index (χ0) is 20.4. The van der Waals surface area contributed by atoms with Crippen molar-refractivity contribution in [1.82, 2.24) is 10.2 Å². The monoisotopic (exact) mass is 395 g/mol. The molecule has 27 heavy (non-hydrogen) atoms. The summed E-state index contributed by atoms with van der Waals surface area (Å²) in [6, 6.07) is 6.32. The van der Waals surface area contributed by atoms with Crippen LogP contribution in [0, 0.1) is 0 Å². The van der Waals surface area contributed by atoms with E-state index < -0.39 is 21.0 Å². The summed E-state index contributed by atoms with van der Waals surface area (Å²) in [6.45, 7) is 12.1. The number of nitrogens with one attached hydrogen (secondary N) is 2. The maximum Gasteiger partial charge on any atom is 0.251 e. The molecule has 1 atom stereocenters. The SMILES string of the molecule is C=CCS(=O)(=O)C(C)C(=O)Nc1ccc(C(=O)NCCN(CC)CC)cc1. The summed E-state index contributed by atoms with van der Waals surface area (Å²) in [5, 5.41) is 4.23. The lowest BCUT2D eigenvalue weighted by atomic mass is 10.2. The zero-order valence-electron chi connectivity index (χ0n) is 16.2. The molecule has 0 aliphatic rings. The lowest BCUT2D eigenvalue weighted by Crippen LogP contribution is -2.35. The predicted molar refractivity (Wildman–Crippen MR) is 109 cm³/mol. The molecule has 1 rings (SSSR count). The lowest BCUT2D eigenvalue weighted by molar-refractivity contribution is -0.115. The Bertz CT molecular complexity index is 741. The molecule has 0 fully saturated rings. The van der Waals surface area contributed by atoms with Crippen molar-refractivity contribution in [2.75, 3.05) is 37.2 Å². The normalized spacial score (nSPS) is 12.4. The third-order valence-corrected chi connectivity index (χ3v) is 6.27. The van der Waals surface area contributed by atoms with Gasteiger partial charge in [0, 0.05) is 24.3 Å². The topological polar surface area (TPSA) is 95.6 Å². The van der Waals surface area contributed by atoms with Gasteiger partial charge >= 0.3 is 0 Å². The van der Waals surface area contributed by atoms with E-state index >= 15 is 0 Å². The summed E-state index contributed by atoms with van der Waals surface area (Å²) in [5.74, 6) is -1.07. The van der Waals surface area contributed by atoms with Crippen molar-refractivity contribution in [1.29, 1.82) is 0 Å². The lowest BCUT2D eigenvalue weighted by Gasteiger charge is -2.18. The van der Waals surface area contributed by atoms with Gasteiger partial charge in [-0.15, -0.1) is 6.58 Å². The van der Waals surface area contributed by atoms with Gasteiger partial charge in [-0.3, -0.25) is 9.59 Å². The van der Waals surface area contributed by atoms with Gasteiger partial charge < -0.3 is 15.5 Å². The van der Waals surface area contributed by atoms with E-state index in [1.165, 1.54) is 13.0 Å². The highest BCUT2D eigenvalue weighted by atomic mass is 32.2. The molecule has 8 heteroatoms. The van der Waals surface area contributed by atoms with Crippen LogP contribution in [0.5, 0.6) is 0 Å².